The molecule has 9 nitrogen and oxygen atoms in total. The number of fused-ring (bicyclic) bond motifs is 2. The summed E-state index contributed by atoms with van der Waals surface area (Å²) in [6.45, 7) is 1.97. The van der Waals surface area contributed by atoms with E-state index in [4.69, 9.17) is 4.42 Å². The summed E-state index contributed by atoms with van der Waals surface area (Å²) < 4.78 is 5.86. The van der Waals surface area contributed by atoms with Crippen molar-refractivity contribution in [3.8, 4) is 0 Å². The van der Waals surface area contributed by atoms with Gasteiger partial charge in [-0.05, 0) is 50.4 Å². The van der Waals surface area contributed by atoms with Gasteiger partial charge in [0.1, 0.15) is 11.6 Å². The van der Waals surface area contributed by atoms with Crippen LogP contribution in [0.5, 0.6) is 0 Å². The molecule has 0 aliphatic carbocycles. The molecular weight excluding hydrogens is 376 g/mol. The van der Waals surface area contributed by atoms with Crippen molar-refractivity contribution in [2.45, 2.75) is 38.1 Å². The van der Waals surface area contributed by atoms with Crippen LogP contribution in [0.1, 0.15) is 52.3 Å². The lowest BCUT2D eigenvalue weighted by Crippen LogP contribution is -2.54. The molecule has 1 aromatic carbocycles. The zero-order chi connectivity index (χ0) is 20.1. The van der Waals surface area contributed by atoms with E-state index in [1.807, 2.05) is 0 Å². The Morgan fingerprint density at radius 1 is 1.03 bits per heavy atom. The molecule has 2 fully saturated rings. The van der Waals surface area contributed by atoms with E-state index in [0.29, 0.717) is 22.9 Å². The molecule has 4 heterocycles. The number of rotatable bonds is 3. The zero-order valence-electron chi connectivity index (χ0n) is 15.7. The third kappa shape index (κ3) is 3.02. The summed E-state index contributed by atoms with van der Waals surface area (Å²) in [6, 6.07) is 2.12. The van der Waals surface area contributed by atoms with E-state index in [1.54, 1.807) is 6.07 Å². The summed E-state index contributed by atoms with van der Waals surface area (Å²) in [6.07, 6.45) is 3.07. The molecule has 3 aliphatic rings. The average Bonchev–Trinajstić information content (AvgIpc) is 3.20. The van der Waals surface area contributed by atoms with Crippen LogP contribution >= 0.6 is 0 Å². The van der Waals surface area contributed by atoms with Gasteiger partial charge in [-0.2, -0.15) is 0 Å². The first-order valence-corrected chi connectivity index (χ1v) is 9.87. The fraction of sp³-hybridized carbons (Fsp3) is 0.450. The minimum atomic E-state index is -0.977. The molecule has 150 valence electrons. The monoisotopic (exact) mass is 396 g/mol. The van der Waals surface area contributed by atoms with Crippen LogP contribution in [0.2, 0.25) is 0 Å². The molecule has 2 N–H and O–H groups in total. The highest BCUT2D eigenvalue weighted by Crippen LogP contribution is 2.31. The Morgan fingerprint density at radius 2 is 1.76 bits per heavy atom. The van der Waals surface area contributed by atoms with Crippen molar-refractivity contribution in [1.82, 2.24) is 20.5 Å². The van der Waals surface area contributed by atoms with E-state index in [-0.39, 0.29) is 24.0 Å². The highest BCUT2D eigenvalue weighted by atomic mass is 16.3. The van der Waals surface area contributed by atoms with E-state index >= 15 is 0 Å². The van der Waals surface area contributed by atoms with Crippen molar-refractivity contribution in [2.75, 3.05) is 13.1 Å². The number of oxazole rings is 1. The Hall–Kier alpha value is -3.07. The standard InChI is InChI=1S/C20H20N4O5/c25-16-2-1-14(18(26)23-16)24-19(27)11-8-13-15(9-12(11)20(24)28)29-17(22-13)7-10-3-5-21-6-4-10/h8-10,14,21H,1-7H2,(H,23,25,26). The minimum absolute atomic E-state index is 0.0910. The van der Waals surface area contributed by atoms with Gasteiger partial charge in [0.05, 0.1) is 11.1 Å². The lowest BCUT2D eigenvalue weighted by atomic mass is 9.95. The van der Waals surface area contributed by atoms with Crippen LogP contribution in [-0.4, -0.2) is 52.6 Å². The number of piperidine rings is 2. The Balaban J connectivity index is 1.43. The topological polar surface area (TPSA) is 122 Å². The van der Waals surface area contributed by atoms with Crippen LogP contribution in [0, 0.1) is 5.92 Å². The fourth-order valence-corrected chi connectivity index (χ4v) is 4.36. The van der Waals surface area contributed by atoms with E-state index < -0.39 is 29.7 Å². The predicted molar refractivity (Wildman–Crippen MR) is 100.0 cm³/mol. The maximum Gasteiger partial charge on any atom is 0.262 e. The molecule has 1 aromatic heterocycles. The molecule has 9 heteroatoms. The third-order valence-electron chi connectivity index (χ3n) is 5.91. The minimum Gasteiger partial charge on any atom is -0.441 e. The summed E-state index contributed by atoms with van der Waals surface area (Å²) in [4.78, 5) is 54.7. The Bertz CT molecular complexity index is 1000. The first-order valence-electron chi connectivity index (χ1n) is 9.87. The third-order valence-corrected chi connectivity index (χ3v) is 5.91. The van der Waals surface area contributed by atoms with E-state index in [9.17, 15) is 19.2 Å². The normalized spacial score (nSPS) is 23.0. The number of nitrogens with one attached hydrogen (secondary N) is 2. The van der Waals surface area contributed by atoms with Gasteiger partial charge in [-0.25, -0.2) is 4.98 Å². The second kappa shape index (κ2) is 6.77. The second-order valence-electron chi connectivity index (χ2n) is 7.82. The van der Waals surface area contributed by atoms with Crippen LogP contribution in [0.4, 0.5) is 0 Å². The van der Waals surface area contributed by atoms with E-state index in [0.717, 1.165) is 37.3 Å². The first-order chi connectivity index (χ1) is 14.0. The number of imide groups is 2. The highest BCUT2D eigenvalue weighted by Gasteiger charge is 2.45. The van der Waals surface area contributed by atoms with Gasteiger partial charge >= 0.3 is 0 Å². The van der Waals surface area contributed by atoms with Gasteiger partial charge in [0.15, 0.2) is 11.5 Å². The SMILES string of the molecule is O=C1CCC(N2C(=O)c3cc4nc(CC5CCNCC5)oc4cc3C2=O)C(=O)N1. The number of carbonyl (C=O) groups excluding carboxylic acids is 4. The summed E-state index contributed by atoms with van der Waals surface area (Å²) in [5.41, 5.74) is 1.41. The smallest absolute Gasteiger partial charge is 0.262 e. The van der Waals surface area contributed by atoms with Crippen LogP contribution in [0.3, 0.4) is 0 Å². The maximum atomic E-state index is 12.9. The molecule has 1 atom stereocenters. The van der Waals surface area contributed by atoms with Crippen molar-refractivity contribution in [2.24, 2.45) is 5.92 Å². The van der Waals surface area contributed by atoms with Gasteiger partial charge in [-0.15, -0.1) is 0 Å². The number of benzene rings is 1. The van der Waals surface area contributed by atoms with Gasteiger partial charge in [-0.3, -0.25) is 29.4 Å². The average molecular weight is 396 g/mol. The molecule has 2 saturated heterocycles. The molecule has 29 heavy (non-hydrogen) atoms. The summed E-state index contributed by atoms with van der Waals surface area (Å²) in [5, 5.41) is 5.51. The van der Waals surface area contributed by atoms with Gasteiger partial charge in [0, 0.05) is 12.8 Å². The quantitative estimate of drug-likeness (QED) is 0.735. The summed E-state index contributed by atoms with van der Waals surface area (Å²) >= 11 is 0. The van der Waals surface area contributed by atoms with E-state index in [1.165, 1.54) is 6.07 Å². The first kappa shape index (κ1) is 18.0. The molecular formula is C20H20N4O5. The molecule has 0 radical (unpaired) electrons. The Kier molecular flexibility index (Phi) is 4.20. The second-order valence-corrected chi connectivity index (χ2v) is 7.82. The van der Waals surface area contributed by atoms with Crippen LogP contribution in [0.25, 0.3) is 11.1 Å². The fourth-order valence-electron chi connectivity index (χ4n) is 4.36. The molecule has 2 aromatic rings. The van der Waals surface area contributed by atoms with Crippen molar-refractivity contribution >= 4 is 34.7 Å². The van der Waals surface area contributed by atoms with Crippen molar-refractivity contribution < 1.29 is 23.6 Å². The number of carbonyl (C=O) groups is 4. The number of amides is 4. The van der Waals surface area contributed by atoms with E-state index in [2.05, 4.69) is 15.6 Å². The van der Waals surface area contributed by atoms with Crippen LogP contribution in [-0.2, 0) is 16.0 Å². The highest BCUT2D eigenvalue weighted by molar-refractivity contribution is 6.24. The van der Waals surface area contributed by atoms with Crippen molar-refractivity contribution in [3.63, 3.8) is 0 Å². The lowest BCUT2D eigenvalue weighted by Gasteiger charge is -2.27. The number of hydrogen-bond donors (Lipinski definition) is 2. The van der Waals surface area contributed by atoms with Gasteiger partial charge in [-0.1, -0.05) is 0 Å². The zero-order valence-corrected chi connectivity index (χ0v) is 15.7. The molecule has 3 aliphatic heterocycles. The molecule has 0 bridgehead atoms. The Labute approximate surface area is 165 Å². The van der Waals surface area contributed by atoms with Crippen LogP contribution in [0.15, 0.2) is 16.5 Å². The number of hydrogen-bond acceptors (Lipinski definition) is 7. The molecule has 0 spiro atoms. The predicted octanol–water partition coefficient (Wildman–Crippen LogP) is 0.771. The van der Waals surface area contributed by atoms with Gasteiger partial charge < -0.3 is 9.73 Å². The van der Waals surface area contributed by atoms with Crippen LogP contribution < -0.4 is 10.6 Å². The Morgan fingerprint density at radius 3 is 2.48 bits per heavy atom. The van der Waals surface area contributed by atoms with Gasteiger partial charge in [0.25, 0.3) is 11.8 Å². The van der Waals surface area contributed by atoms with Crippen molar-refractivity contribution in [1.29, 1.82) is 0 Å². The number of nitrogens with zero attached hydrogens (tertiary/aromatic N) is 2. The summed E-state index contributed by atoms with van der Waals surface area (Å²) in [7, 11) is 0. The molecule has 5 rings (SSSR count). The summed E-state index contributed by atoms with van der Waals surface area (Å²) in [5.74, 6) is -0.991. The molecule has 1 unspecified atom stereocenters. The molecule has 4 amide bonds. The lowest BCUT2D eigenvalue weighted by molar-refractivity contribution is -0.136. The van der Waals surface area contributed by atoms with Gasteiger partial charge in [0.2, 0.25) is 11.8 Å². The van der Waals surface area contributed by atoms with Crippen molar-refractivity contribution in [3.05, 3.63) is 29.2 Å². The number of aromatic nitrogens is 1. The largest absolute Gasteiger partial charge is 0.441 e. The molecule has 0 saturated carbocycles. The maximum absolute atomic E-state index is 12.9.